The van der Waals surface area contributed by atoms with Crippen molar-refractivity contribution in [3.8, 4) is 0 Å². The number of carbonyl (C=O) groups excluding carboxylic acids is 2. The molecule has 1 rings (SSSR count). The molecule has 0 bridgehead atoms. The Morgan fingerprint density at radius 2 is 1.93 bits per heavy atom. The molecule has 4 nitrogen and oxygen atoms in total. The van der Waals surface area contributed by atoms with E-state index in [2.05, 4.69) is 0 Å². The van der Waals surface area contributed by atoms with Crippen molar-refractivity contribution in [1.29, 1.82) is 0 Å². The standard InChI is InChI=1S/C11H18O4/c1-6-14-9(13)11(5)8(15-11)7(12)10(2,3)4/h8H,6H2,1-5H3/t8-,11-/m0/s1. The third kappa shape index (κ3) is 2.20. The van der Waals surface area contributed by atoms with Crippen molar-refractivity contribution in [1.82, 2.24) is 0 Å². The Morgan fingerprint density at radius 1 is 1.40 bits per heavy atom. The van der Waals surface area contributed by atoms with E-state index >= 15 is 0 Å². The van der Waals surface area contributed by atoms with Gasteiger partial charge in [-0.15, -0.1) is 0 Å². The molecular weight excluding hydrogens is 196 g/mol. The monoisotopic (exact) mass is 214 g/mol. The zero-order valence-electron chi connectivity index (χ0n) is 9.92. The lowest BCUT2D eigenvalue weighted by molar-refractivity contribution is -0.149. The van der Waals surface area contributed by atoms with Crippen molar-refractivity contribution in [2.24, 2.45) is 5.41 Å². The van der Waals surface area contributed by atoms with Crippen LogP contribution in [0, 0.1) is 5.41 Å². The molecule has 0 radical (unpaired) electrons. The predicted octanol–water partition coefficient (Wildman–Crippen LogP) is 1.32. The third-order valence-corrected chi connectivity index (χ3v) is 2.46. The van der Waals surface area contributed by atoms with Crippen molar-refractivity contribution in [3.05, 3.63) is 0 Å². The lowest BCUT2D eigenvalue weighted by Crippen LogP contribution is -2.34. The zero-order valence-corrected chi connectivity index (χ0v) is 9.92. The molecule has 0 N–H and O–H groups in total. The summed E-state index contributed by atoms with van der Waals surface area (Å²) in [6, 6.07) is 0. The van der Waals surface area contributed by atoms with E-state index in [-0.39, 0.29) is 5.78 Å². The molecule has 1 saturated heterocycles. The topological polar surface area (TPSA) is 55.9 Å². The van der Waals surface area contributed by atoms with E-state index in [9.17, 15) is 9.59 Å². The molecule has 4 heteroatoms. The summed E-state index contributed by atoms with van der Waals surface area (Å²) in [7, 11) is 0. The fourth-order valence-corrected chi connectivity index (χ4v) is 1.34. The van der Waals surface area contributed by atoms with Gasteiger partial charge in [-0.05, 0) is 13.8 Å². The molecule has 1 heterocycles. The number of ketones is 1. The summed E-state index contributed by atoms with van der Waals surface area (Å²) in [6.45, 7) is 9.05. The van der Waals surface area contributed by atoms with Gasteiger partial charge in [-0.25, -0.2) is 4.79 Å². The van der Waals surface area contributed by atoms with E-state index in [1.807, 2.05) is 20.8 Å². The molecule has 86 valence electrons. The fourth-order valence-electron chi connectivity index (χ4n) is 1.34. The van der Waals surface area contributed by atoms with Crippen molar-refractivity contribution < 1.29 is 19.1 Å². The second-order valence-corrected chi connectivity index (χ2v) is 4.94. The Bertz CT molecular complexity index is 289. The molecule has 2 atom stereocenters. The number of Topliss-reactive ketones (excluding diaryl/α,β-unsaturated/α-hetero) is 1. The number of rotatable bonds is 3. The molecule has 15 heavy (non-hydrogen) atoms. The van der Waals surface area contributed by atoms with Gasteiger partial charge in [-0.2, -0.15) is 0 Å². The van der Waals surface area contributed by atoms with Crippen LogP contribution in [0.5, 0.6) is 0 Å². The minimum absolute atomic E-state index is 0.0574. The molecule has 1 aliphatic rings. The minimum Gasteiger partial charge on any atom is -0.464 e. The SMILES string of the molecule is CCOC(=O)[C@@]1(C)O[C@H]1C(=O)C(C)(C)C. The van der Waals surface area contributed by atoms with Crippen LogP contribution in [0.3, 0.4) is 0 Å². The maximum atomic E-state index is 11.8. The average Bonchev–Trinajstić information content (AvgIpc) is 2.77. The van der Waals surface area contributed by atoms with E-state index in [1.165, 1.54) is 0 Å². The summed E-state index contributed by atoms with van der Waals surface area (Å²) in [5.74, 6) is -0.509. The molecular formula is C11H18O4. The van der Waals surface area contributed by atoms with Crippen LogP contribution in [0.25, 0.3) is 0 Å². The van der Waals surface area contributed by atoms with E-state index in [0.29, 0.717) is 6.61 Å². The number of esters is 1. The molecule has 0 aliphatic carbocycles. The van der Waals surface area contributed by atoms with Crippen molar-refractivity contribution in [2.45, 2.75) is 46.3 Å². The van der Waals surface area contributed by atoms with Gasteiger partial charge in [0, 0.05) is 5.41 Å². The van der Waals surface area contributed by atoms with Gasteiger partial charge in [0.2, 0.25) is 0 Å². The number of ether oxygens (including phenoxy) is 2. The van der Waals surface area contributed by atoms with Crippen molar-refractivity contribution in [2.75, 3.05) is 6.61 Å². The van der Waals surface area contributed by atoms with Gasteiger partial charge in [0.15, 0.2) is 17.5 Å². The largest absolute Gasteiger partial charge is 0.464 e. The van der Waals surface area contributed by atoms with Gasteiger partial charge < -0.3 is 9.47 Å². The fraction of sp³-hybridized carbons (Fsp3) is 0.818. The molecule has 1 fully saturated rings. The number of hydrogen-bond donors (Lipinski definition) is 0. The van der Waals surface area contributed by atoms with Crippen molar-refractivity contribution in [3.63, 3.8) is 0 Å². The second kappa shape index (κ2) is 3.59. The number of hydrogen-bond acceptors (Lipinski definition) is 4. The highest BCUT2D eigenvalue weighted by Crippen LogP contribution is 2.41. The quantitative estimate of drug-likeness (QED) is 0.525. The van der Waals surface area contributed by atoms with Crippen molar-refractivity contribution >= 4 is 11.8 Å². The maximum absolute atomic E-state index is 11.8. The summed E-state index contributed by atoms with van der Waals surface area (Å²) in [6.07, 6.45) is -0.642. The number of epoxide rings is 1. The molecule has 0 unspecified atom stereocenters. The van der Waals surface area contributed by atoms with Crippen LogP contribution < -0.4 is 0 Å². The Hall–Kier alpha value is -0.900. The molecule has 0 aromatic carbocycles. The molecule has 0 spiro atoms. The first-order valence-electron chi connectivity index (χ1n) is 5.13. The van der Waals surface area contributed by atoms with Crippen LogP contribution in [0.2, 0.25) is 0 Å². The average molecular weight is 214 g/mol. The highest BCUT2D eigenvalue weighted by Gasteiger charge is 2.65. The minimum atomic E-state index is -1.06. The lowest BCUT2D eigenvalue weighted by atomic mass is 9.85. The molecule has 0 aromatic heterocycles. The van der Waals surface area contributed by atoms with E-state index in [4.69, 9.17) is 9.47 Å². The summed E-state index contributed by atoms with van der Waals surface area (Å²) in [4.78, 5) is 23.3. The zero-order chi connectivity index (χ0) is 11.9. The van der Waals surface area contributed by atoms with E-state index < -0.39 is 23.1 Å². The third-order valence-electron chi connectivity index (χ3n) is 2.46. The smallest absolute Gasteiger partial charge is 0.341 e. The van der Waals surface area contributed by atoms with Crippen LogP contribution in [-0.4, -0.2) is 30.1 Å². The molecule has 0 amide bonds. The Morgan fingerprint density at radius 3 is 2.33 bits per heavy atom. The van der Waals surface area contributed by atoms with Crippen LogP contribution in [-0.2, 0) is 19.1 Å². The number of carbonyl (C=O) groups is 2. The molecule has 1 aliphatic heterocycles. The Labute approximate surface area is 89.9 Å². The first-order valence-corrected chi connectivity index (χ1v) is 5.13. The van der Waals surface area contributed by atoms with Crippen LogP contribution >= 0.6 is 0 Å². The van der Waals surface area contributed by atoms with Gasteiger partial charge in [0.25, 0.3) is 0 Å². The lowest BCUT2D eigenvalue weighted by Gasteiger charge is -2.15. The normalized spacial score (nSPS) is 29.8. The summed E-state index contributed by atoms with van der Waals surface area (Å²) in [5, 5.41) is 0. The highest BCUT2D eigenvalue weighted by atomic mass is 16.7. The Kier molecular flexibility index (Phi) is 2.92. The summed E-state index contributed by atoms with van der Waals surface area (Å²) < 4.78 is 10.0. The first-order chi connectivity index (χ1) is 6.73. The van der Waals surface area contributed by atoms with Gasteiger partial charge in [0.1, 0.15) is 0 Å². The molecule has 0 saturated carbocycles. The maximum Gasteiger partial charge on any atom is 0.341 e. The van der Waals surface area contributed by atoms with E-state index in [0.717, 1.165) is 0 Å². The van der Waals surface area contributed by atoms with Crippen LogP contribution in [0.1, 0.15) is 34.6 Å². The van der Waals surface area contributed by atoms with Gasteiger partial charge >= 0.3 is 5.97 Å². The highest BCUT2D eigenvalue weighted by molar-refractivity contribution is 5.99. The second-order valence-electron chi connectivity index (χ2n) is 4.94. The van der Waals surface area contributed by atoms with Gasteiger partial charge in [-0.3, -0.25) is 4.79 Å². The first kappa shape index (κ1) is 12.2. The van der Waals surface area contributed by atoms with Crippen LogP contribution in [0.4, 0.5) is 0 Å². The van der Waals surface area contributed by atoms with Gasteiger partial charge in [-0.1, -0.05) is 20.8 Å². The van der Waals surface area contributed by atoms with Crippen LogP contribution in [0.15, 0.2) is 0 Å². The molecule has 0 aromatic rings. The van der Waals surface area contributed by atoms with Gasteiger partial charge in [0.05, 0.1) is 6.61 Å². The summed E-state index contributed by atoms with van der Waals surface area (Å²) >= 11 is 0. The predicted molar refractivity (Wildman–Crippen MR) is 54.4 cm³/mol. The summed E-state index contributed by atoms with van der Waals surface area (Å²) in [5.41, 5.74) is -1.55. The van der Waals surface area contributed by atoms with E-state index in [1.54, 1.807) is 13.8 Å². The Balaban J connectivity index is 2.66.